The summed E-state index contributed by atoms with van der Waals surface area (Å²) in [6.07, 6.45) is 2.59. The van der Waals surface area contributed by atoms with Crippen LogP contribution >= 0.6 is 12.4 Å². The number of hydrogen-bond acceptors (Lipinski definition) is 3. The number of ether oxygens (including phenoxy) is 1. The predicted octanol–water partition coefficient (Wildman–Crippen LogP) is 2.82. The molecule has 0 radical (unpaired) electrons. The van der Waals surface area contributed by atoms with Crippen molar-refractivity contribution < 1.29 is 9.53 Å². The first kappa shape index (κ1) is 20.9. The number of halogens is 1. The maximum absolute atomic E-state index is 12.1. The summed E-state index contributed by atoms with van der Waals surface area (Å²) in [5.74, 6) is 0.207. The predicted molar refractivity (Wildman–Crippen MR) is 101 cm³/mol. The molecule has 1 aromatic rings. The zero-order valence-electron chi connectivity index (χ0n) is 15.0. The van der Waals surface area contributed by atoms with Crippen LogP contribution < -0.4 is 11.1 Å². The van der Waals surface area contributed by atoms with Crippen molar-refractivity contribution in [2.75, 3.05) is 19.8 Å². The number of hydrogen-bond donors (Lipinski definition) is 2. The monoisotopic (exact) mass is 354 g/mol. The largest absolute Gasteiger partial charge is 0.381 e. The lowest BCUT2D eigenvalue weighted by molar-refractivity contribution is -0.124. The fourth-order valence-corrected chi connectivity index (χ4v) is 2.91. The smallest absolute Gasteiger partial charge is 0.237 e. The fourth-order valence-electron chi connectivity index (χ4n) is 2.91. The highest BCUT2D eigenvalue weighted by molar-refractivity contribution is 5.85. The van der Waals surface area contributed by atoms with Gasteiger partial charge in [-0.15, -0.1) is 12.4 Å². The van der Waals surface area contributed by atoms with E-state index in [0.29, 0.717) is 19.8 Å². The van der Waals surface area contributed by atoms with Crippen molar-refractivity contribution in [1.82, 2.24) is 5.32 Å². The van der Waals surface area contributed by atoms with E-state index in [9.17, 15) is 4.79 Å². The van der Waals surface area contributed by atoms with Crippen molar-refractivity contribution in [3.05, 3.63) is 35.4 Å². The van der Waals surface area contributed by atoms with Crippen molar-refractivity contribution in [1.29, 1.82) is 0 Å². The Morgan fingerprint density at radius 3 is 2.38 bits per heavy atom. The Labute approximate surface area is 151 Å². The second-order valence-corrected chi connectivity index (χ2v) is 7.46. The molecule has 1 aliphatic heterocycles. The van der Waals surface area contributed by atoms with E-state index < -0.39 is 6.04 Å². The lowest BCUT2D eigenvalue weighted by atomic mass is 9.86. The second kappa shape index (κ2) is 9.40. The second-order valence-electron chi connectivity index (χ2n) is 7.46. The molecule has 1 amide bonds. The van der Waals surface area contributed by atoms with Crippen LogP contribution in [0.2, 0.25) is 0 Å². The molecule has 1 heterocycles. The van der Waals surface area contributed by atoms with Gasteiger partial charge in [0.25, 0.3) is 0 Å². The van der Waals surface area contributed by atoms with Gasteiger partial charge >= 0.3 is 0 Å². The van der Waals surface area contributed by atoms with Crippen LogP contribution in [0.4, 0.5) is 0 Å². The number of nitrogens with two attached hydrogens (primary N) is 1. The van der Waals surface area contributed by atoms with Crippen LogP contribution in [0.25, 0.3) is 0 Å². The van der Waals surface area contributed by atoms with Crippen LogP contribution in [0.15, 0.2) is 24.3 Å². The quantitative estimate of drug-likeness (QED) is 0.854. The van der Waals surface area contributed by atoms with E-state index in [4.69, 9.17) is 10.5 Å². The SMILES string of the molecule is CC(C)(C)c1ccc(CCNC(=O)C(N)C2CCOCC2)cc1.Cl. The normalized spacial score (nSPS) is 17.0. The van der Waals surface area contributed by atoms with Gasteiger partial charge in [-0.1, -0.05) is 45.0 Å². The van der Waals surface area contributed by atoms with Gasteiger partial charge in [-0.05, 0) is 41.7 Å². The summed E-state index contributed by atoms with van der Waals surface area (Å²) < 4.78 is 5.31. The van der Waals surface area contributed by atoms with E-state index in [1.165, 1.54) is 11.1 Å². The molecule has 1 saturated heterocycles. The average molecular weight is 355 g/mol. The van der Waals surface area contributed by atoms with Gasteiger partial charge in [0.15, 0.2) is 0 Å². The molecular weight excluding hydrogens is 324 g/mol. The Hall–Kier alpha value is -1.10. The van der Waals surface area contributed by atoms with Crippen molar-refractivity contribution in [3.8, 4) is 0 Å². The third kappa shape index (κ3) is 6.08. The van der Waals surface area contributed by atoms with Crippen LogP contribution in [-0.4, -0.2) is 31.7 Å². The molecule has 1 unspecified atom stereocenters. The van der Waals surface area contributed by atoms with Crippen LogP contribution in [0.3, 0.4) is 0 Å². The Morgan fingerprint density at radius 1 is 1.25 bits per heavy atom. The van der Waals surface area contributed by atoms with E-state index in [0.717, 1.165) is 19.3 Å². The van der Waals surface area contributed by atoms with E-state index in [-0.39, 0.29) is 29.6 Å². The molecule has 1 aromatic carbocycles. The van der Waals surface area contributed by atoms with Gasteiger partial charge in [-0.3, -0.25) is 4.79 Å². The highest BCUT2D eigenvalue weighted by Crippen LogP contribution is 2.22. The van der Waals surface area contributed by atoms with Crippen molar-refractivity contribution in [2.45, 2.75) is 51.5 Å². The van der Waals surface area contributed by atoms with Crippen LogP contribution in [0.1, 0.15) is 44.7 Å². The molecule has 0 bridgehead atoms. The summed E-state index contributed by atoms with van der Waals surface area (Å²) >= 11 is 0. The number of nitrogens with one attached hydrogen (secondary N) is 1. The Bertz CT molecular complexity index is 505. The number of carbonyl (C=O) groups is 1. The Morgan fingerprint density at radius 2 is 1.83 bits per heavy atom. The van der Waals surface area contributed by atoms with Gasteiger partial charge in [0.2, 0.25) is 5.91 Å². The minimum Gasteiger partial charge on any atom is -0.381 e. The maximum atomic E-state index is 12.1. The molecule has 1 atom stereocenters. The van der Waals surface area contributed by atoms with Gasteiger partial charge in [-0.25, -0.2) is 0 Å². The number of rotatable bonds is 5. The molecule has 0 spiro atoms. The molecule has 2 rings (SSSR count). The lowest BCUT2D eigenvalue weighted by Crippen LogP contribution is -2.47. The van der Waals surface area contributed by atoms with Gasteiger partial charge in [0.05, 0.1) is 6.04 Å². The highest BCUT2D eigenvalue weighted by Gasteiger charge is 2.26. The third-order valence-corrected chi connectivity index (χ3v) is 4.61. The highest BCUT2D eigenvalue weighted by atomic mass is 35.5. The summed E-state index contributed by atoms with van der Waals surface area (Å²) in [6.45, 7) is 8.68. The number of carbonyl (C=O) groups excluding carboxylic acids is 1. The lowest BCUT2D eigenvalue weighted by Gasteiger charge is -2.26. The summed E-state index contributed by atoms with van der Waals surface area (Å²) in [7, 11) is 0. The zero-order chi connectivity index (χ0) is 16.9. The summed E-state index contributed by atoms with van der Waals surface area (Å²) in [5.41, 5.74) is 8.80. The van der Waals surface area contributed by atoms with Gasteiger partial charge in [0.1, 0.15) is 0 Å². The van der Waals surface area contributed by atoms with Crippen LogP contribution in [-0.2, 0) is 21.4 Å². The van der Waals surface area contributed by atoms with Crippen LogP contribution in [0.5, 0.6) is 0 Å². The molecule has 136 valence electrons. The molecule has 1 fully saturated rings. The number of amides is 1. The van der Waals surface area contributed by atoms with Crippen LogP contribution in [0, 0.1) is 5.92 Å². The minimum absolute atomic E-state index is 0. The summed E-state index contributed by atoms with van der Waals surface area (Å²) in [4.78, 5) is 12.1. The third-order valence-electron chi connectivity index (χ3n) is 4.61. The molecule has 1 aliphatic rings. The first-order valence-corrected chi connectivity index (χ1v) is 8.58. The first-order chi connectivity index (χ1) is 10.9. The Kier molecular flexibility index (Phi) is 8.20. The fraction of sp³-hybridized carbons (Fsp3) is 0.632. The standard InChI is InChI=1S/C19H30N2O2.ClH/c1-19(2,3)16-6-4-14(5-7-16)8-11-21-18(22)17(20)15-9-12-23-13-10-15;/h4-7,15,17H,8-13,20H2,1-3H3,(H,21,22);1H. The van der Waals surface area contributed by atoms with E-state index >= 15 is 0 Å². The summed E-state index contributed by atoms with van der Waals surface area (Å²) in [6, 6.07) is 8.22. The molecular formula is C19H31ClN2O2. The summed E-state index contributed by atoms with van der Waals surface area (Å²) in [5, 5.41) is 2.97. The van der Waals surface area contributed by atoms with Gasteiger partial charge in [-0.2, -0.15) is 0 Å². The molecule has 0 aliphatic carbocycles. The number of benzene rings is 1. The topological polar surface area (TPSA) is 64.4 Å². The van der Waals surface area contributed by atoms with E-state index in [2.05, 4.69) is 50.4 Å². The minimum atomic E-state index is -0.415. The molecule has 0 saturated carbocycles. The first-order valence-electron chi connectivity index (χ1n) is 8.58. The van der Waals surface area contributed by atoms with Gasteiger partial charge in [0, 0.05) is 19.8 Å². The van der Waals surface area contributed by atoms with E-state index in [1.54, 1.807) is 0 Å². The molecule has 5 heteroatoms. The van der Waals surface area contributed by atoms with Gasteiger partial charge < -0.3 is 15.8 Å². The maximum Gasteiger partial charge on any atom is 0.237 e. The molecule has 3 N–H and O–H groups in total. The van der Waals surface area contributed by atoms with E-state index in [1.807, 2.05) is 0 Å². The van der Waals surface area contributed by atoms with Crippen molar-refractivity contribution >= 4 is 18.3 Å². The Balaban J connectivity index is 0.00000288. The zero-order valence-corrected chi connectivity index (χ0v) is 15.8. The van der Waals surface area contributed by atoms with Crippen molar-refractivity contribution in [2.24, 2.45) is 11.7 Å². The average Bonchev–Trinajstić information content (AvgIpc) is 2.54. The molecule has 0 aromatic heterocycles. The van der Waals surface area contributed by atoms with Crippen molar-refractivity contribution in [3.63, 3.8) is 0 Å². The molecule has 4 nitrogen and oxygen atoms in total. The molecule has 24 heavy (non-hydrogen) atoms.